The normalized spacial score (nSPS) is 10.2. The molecule has 0 unspecified atom stereocenters. The van der Waals surface area contributed by atoms with Crippen LogP contribution in [0.1, 0.15) is 28.8 Å². The third-order valence-electron chi connectivity index (χ3n) is 1.84. The largest absolute Gasteiger partial charge is 0.265 e. The third-order valence-corrected chi connectivity index (χ3v) is 1.84. The number of halogens is 2. The Hall–Kier alpha value is -1.50. The van der Waals surface area contributed by atoms with E-state index in [2.05, 4.69) is 4.98 Å². The maximum absolute atomic E-state index is 12.5. The van der Waals surface area contributed by atoms with Gasteiger partial charge in [0.05, 0.1) is 11.3 Å². The van der Waals surface area contributed by atoms with Crippen molar-refractivity contribution >= 4 is 0 Å². The van der Waals surface area contributed by atoms with Crippen molar-refractivity contribution in [2.75, 3.05) is 0 Å². The van der Waals surface area contributed by atoms with Crippen LogP contribution in [0.4, 0.5) is 8.78 Å². The van der Waals surface area contributed by atoms with E-state index >= 15 is 0 Å². The number of aromatic nitrogens is 1. The fourth-order valence-corrected chi connectivity index (χ4v) is 1.14. The molecule has 4 heteroatoms. The standard InChI is InChI=1S/C9H8F2N2/c1-5-4-13-6(2)7(3-12)8(5)9(10)11/h4,9H,1-2H3. The number of hydrogen-bond acceptors (Lipinski definition) is 2. The molecule has 0 bridgehead atoms. The van der Waals surface area contributed by atoms with Crippen LogP contribution in [-0.4, -0.2) is 4.98 Å². The van der Waals surface area contributed by atoms with Gasteiger partial charge in [0.2, 0.25) is 0 Å². The maximum atomic E-state index is 12.5. The average Bonchev–Trinajstić information content (AvgIpc) is 2.07. The van der Waals surface area contributed by atoms with E-state index in [1.807, 2.05) is 0 Å². The molecule has 13 heavy (non-hydrogen) atoms. The number of rotatable bonds is 1. The highest BCUT2D eigenvalue weighted by molar-refractivity contribution is 5.44. The molecule has 0 radical (unpaired) electrons. The fraction of sp³-hybridized carbons (Fsp3) is 0.333. The third kappa shape index (κ3) is 1.64. The Kier molecular flexibility index (Phi) is 2.57. The van der Waals surface area contributed by atoms with Gasteiger partial charge in [-0.2, -0.15) is 5.26 Å². The quantitative estimate of drug-likeness (QED) is 0.669. The molecular weight excluding hydrogens is 174 g/mol. The summed E-state index contributed by atoms with van der Waals surface area (Å²) in [6.45, 7) is 3.07. The molecule has 0 amide bonds. The predicted molar refractivity (Wildman–Crippen MR) is 43.4 cm³/mol. The van der Waals surface area contributed by atoms with Crippen molar-refractivity contribution in [3.63, 3.8) is 0 Å². The number of aryl methyl sites for hydroxylation is 2. The highest BCUT2D eigenvalue weighted by Gasteiger charge is 2.17. The summed E-state index contributed by atoms with van der Waals surface area (Å²) in [7, 11) is 0. The average molecular weight is 182 g/mol. The van der Waals surface area contributed by atoms with E-state index in [-0.39, 0.29) is 11.1 Å². The lowest BCUT2D eigenvalue weighted by Crippen LogP contribution is -1.99. The van der Waals surface area contributed by atoms with Crippen molar-refractivity contribution in [1.29, 1.82) is 5.26 Å². The Labute approximate surface area is 74.8 Å². The lowest BCUT2D eigenvalue weighted by molar-refractivity contribution is 0.150. The number of pyridine rings is 1. The number of nitriles is 1. The SMILES string of the molecule is Cc1cnc(C)c(C#N)c1C(F)F. The first kappa shape index (κ1) is 9.59. The Morgan fingerprint density at radius 2 is 2.08 bits per heavy atom. The first-order valence-corrected chi connectivity index (χ1v) is 3.72. The van der Waals surface area contributed by atoms with Crippen LogP contribution in [0, 0.1) is 25.2 Å². The molecule has 68 valence electrons. The minimum absolute atomic E-state index is 0.00463. The number of hydrogen-bond donors (Lipinski definition) is 0. The molecule has 0 saturated carbocycles. The van der Waals surface area contributed by atoms with Gasteiger partial charge in [-0.15, -0.1) is 0 Å². The molecule has 0 N–H and O–H groups in total. The minimum atomic E-state index is -2.61. The highest BCUT2D eigenvalue weighted by atomic mass is 19.3. The summed E-state index contributed by atoms with van der Waals surface area (Å²) in [4.78, 5) is 3.84. The molecule has 1 aromatic heterocycles. The van der Waals surface area contributed by atoms with E-state index < -0.39 is 6.43 Å². The van der Waals surface area contributed by atoms with E-state index in [0.717, 1.165) is 0 Å². The van der Waals surface area contributed by atoms with Gasteiger partial charge in [0.15, 0.2) is 0 Å². The zero-order valence-electron chi connectivity index (χ0n) is 7.31. The zero-order valence-corrected chi connectivity index (χ0v) is 7.31. The molecule has 0 spiro atoms. The van der Waals surface area contributed by atoms with Gasteiger partial charge in [-0.1, -0.05) is 0 Å². The van der Waals surface area contributed by atoms with Gasteiger partial charge < -0.3 is 0 Å². The molecular formula is C9H8F2N2. The summed E-state index contributed by atoms with van der Waals surface area (Å²) in [5.74, 6) is 0. The predicted octanol–water partition coefficient (Wildman–Crippen LogP) is 2.51. The zero-order chi connectivity index (χ0) is 10.0. The number of alkyl halides is 2. The Balaban J connectivity index is 3.46. The summed E-state index contributed by atoms with van der Waals surface area (Å²) >= 11 is 0. The van der Waals surface area contributed by atoms with Gasteiger partial charge in [0, 0.05) is 11.8 Å². The summed E-state index contributed by atoms with van der Waals surface area (Å²) in [5, 5.41) is 8.65. The lowest BCUT2D eigenvalue weighted by atomic mass is 10.0. The molecule has 1 aromatic rings. The molecule has 0 aromatic carbocycles. The van der Waals surface area contributed by atoms with Crippen LogP contribution in [0.2, 0.25) is 0 Å². The van der Waals surface area contributed by atoms with Crippen LogP contribution in [0.5, 0.6) is 0 Å². The maximum Gasteiger partial charge on any atom is 0.265 e. The second-order valence-corrected chi connectivity index (χ2v) is 2.73. The Bertz CT molecular complexity index is 367. The van der Waals surface area contributed by atoms with Crippen LogP contribution < -0.4 is 0 Å². The lowest BCUT2D eigenvalue weighted by Gasteiger charge is -2.07. The van der Waals surface area contributed by atoms with E-state index in [0.29, 0.717) is 11.3 Å². The molecule has 0 aliphatic heterocycles. The smallest absolute Gasteiger partial charge is 0.260 e. The van der Waals surface area contributed by atoms with Crippen molar-refractivity contribution in [2.45, 2.75) is 20.3 Å². The van der Waals surface area contributed by atoms with Crippen molar-refractivity contribution in [3.05, 3.63) is 28.6 Å². The van der Waals surface area contributed by atoms with Crippen LogP contribution in [0.15, 0.2) is 6.20 Å². The topological polar surface area (TPSA) is 36.7 Å². The van der Waals surface area contributed by atoms with Gasteiger partial charge >= 0.3 is 0 Å². The molecule has 0 fully saturated rings. The highest BCUT2D eigenvalue weighted by Crippen LogP contribution is 2.26. The molecule has 1 heterocycles. The second kappa shape index (κ2) is 3.48. The molecule has 0 atom stereocenters. The van der Waals surface area contributed by atoms with E-state index in [1.165, 1.54) is 13.1 Å². The first-order valence-electron chi connectivity index (χ1n) is 3.72. The van der Waals surface area contributed by atoms with Crippen molar-refractivity contribution in [3.8, 4) is 6.07 Å². The number of nitrogens with zero attached hydrogens (tertiary/aromatic N) is 2. The van der Waals surface area contributed by atoms with Gasteiger partial charge in [0.25, 0.3) is 6.43 Å². The van der Waals surface area contributed by atoms with Crippen LogP contribution in [0.25, 0.3) is 0 Å². The Morgan fingerprint density at radius 1 is 1.46 bits per heavy atom. The molecule has 0 aliphatic rings. The van der Waals surface area contributed by atoms with Crippen LogP contribution >= 0.6 is 0 Å². The van der Waals surface area contributed by atoms with Gasteiger partial charge in [-0.25, -0.2) is 8.78 Å². The van der Waals surface area contributed by atoms with Crippen molar-refractivity contribution in [2.24, 2.45) is 0 Å². The minimum Gasteiger partial charge on any atom is -0.260 e. The summed E-state index contributed by atoms with van der Waals surface area (Å²) < 4.78 is 25.0. The molecule has 0 saturated heterocycles. The fourth-order valence-electron chi connectivity index (χ4n) is 1.14. The summed E-state index contributed by atoms with van der Waals surface area (Å²) in [5.41, 5.74) is 0.505. The summed E-state index contributed by atoms with van der Waals surface area (Å²) in [6, 6.07) is 1.74. The van der Waals surface area contributed by atoms with Crippen molar-refractivity contribution in [1.82, 2.24) is 4.98 Å². The van der Waals surface area contributed by atoms with Crippen LogP contribution in [0.3, 0.4) is 0 Å². The molecule has 2 nitrogen and oxygen atoms in total. The van der Waals surface area contributed by atoms with Gasteiger partial charge in [-0.05, 0) is 19.4 Å². The Morgan fingerprint density at radius 3 is 2.46 bits per heavy atom. The first-order chi connectivity index (χ1) is 6.07. The van der Waals surface area contributed by atoms with E-state index in [9.17, 15) is 8.78 Å². The second-order valence-electron chi connectivity index (χ2n) is 2.73. The summed E-state index contributed by atoms with van der Waals surface area (Å²) in [6.07, 6.45) is -1.26. The molecule has 0 aliphatic carbocycles. The van der Waals surface area contributed by atoms with E-state index in [4.69, 9.17) is 5.26 Å². The van der Waals surface area contributed by atoms with Gasteiger partial charge in [0.1, 0.15) is 6.07 Å². The van der Waals surface area contributed by atoms with E-state index in [1.54, 1.807) is 13.0 Å². The van der Waals surface area contributed by atoms with Crippen LogP contribution in [-0.2, 0) is 0 Å². The molecule has 1 rings (SSSR count). The van der Waals surface area contributed by atoms with Crippen molar-refractivity contribution < 1.29 is 8.78 Å². The van der Waals surface area contributed by atoms with Gasteiger partial charge in [-0.3, -0.25) is 4.98 Å². The monoisotopic (exact) mass is 182 g/mol.